The van der Waals surface area contributed by atoms with Gasteiger partial charge in [-0.25, -0.2) is 0 Å². The molecule has 5 nitrogen and oxygen atoms in total. The minimum atomic E-state index is -0.933. The molecule has 0 aromatic heterocycles. The van der Waals surface area contributed by atoms with Crippen molar-refractivity contribution in [2.75, 3.05) is 13.2 Å². The molecule has 0 spiro atoms. The standard InChI is InChI=1S/C21H28O5/c22-16-10-18-17(14-24-13-15-6-2-1-3-7-15)19(12-21(18,23)11-16)26-20-8-4-5-9-25-20/h1-3,6-7,17-20,23H,4-5,8-14H2/t17-,18?,19-,20?,21-/m1/s1. The maximum atomic E-state index is 11.9. The molecular formula is C21H28O5. The number of benzene rings is 1. The lowest BCUT2D eigenvalue weighted by molar-refractivity contribution is -0.200. The smallest absolute Gasteiger partial charge is 0.157 e. The van der Waals surface area contributed by atoms with E-state index in [4.69, 9.17) is 14.2 Å². The SMILES string of the molecule is O=C1CC2[C@@H](COCc3ccccc3)[C@H](OC3CCCCO3)C[C@]2(O)C1. The number of ether oxygens (including phenoxy) is 3. The van der Waals surface area contributed by atoms with Gasteiger partial charge in [-0.05, 0) is 24.8 Å². The Morgan fingerprint density at radius 2 is 2.08 bits per heavy atom. The van der Waals surface area contributed by atoms with Gasteiger partial charge in [0.05, 0.1) is 24.9 Å². The van der Waals surface area contributed by atoms with E-state index >= 15 is 0 Å². The van der Waals surface area contributed by atoms with Crippen molar-refractivity contribution >= 4 is 5.78 Å². The Morgan fingerprint density at radius 1 is 1.23 bits per heavy atom. The van der Waals surface area contributed by atoms with Crippen LogP contribution in [0.4, 0.5) is 0 Å². The minimum Gasteiger partial charge on any atom is -0.389 e. The summed E-state index contributed by atoms with van der Waals surface area (Å²) in [6.07, 6.45) is 3.96. The molecule has 2 saturated carbocycles. The number of carbonyl (C=O) groups excluding carboxylic acids is 1. The molecule has 0 amide bonds. The van der Waals surface area contributed by atoms with Crippen LogP contribution in [0, 0.1) is 11.8 Å². The second-order valence-corrected chi connectivity index (χ2v) is 7.97. The quantitative estimate of drug-likeness (QED) is 0.845. The summed E-state index contributed by atoms with van der Waals surface area (Å²) in [6.45, 7) is 1.76. The number of rotatable bonds is 6. The van der Waals surface area contributed by atoms with E-state index in [1.807, 2.05) is 30.3 Å². The van der Waals surface area contributed by atoms with E-state index in [2.05, 4.69) is 0 Å². The van der Waals surface area contributed by atoms with E-state index in [9.17, 15) is 9.90 Å². The van der Waals surface area contributed by atoms with Crippen molar-refractivity contribution in [3.05, 3.63) is 35.9 Å². The lowest BCUT2D eigenvalue weighted by Gasteiger charge is -2.30. The van der Waals surface area contributed by atoms with Crippen LogP contribution in [0.3, 0.4) is 0 Å². The summed E-state index contributed by atoms with van der Waals surface area (Å²) in [5.74, 6) is 0.109. The molecule has 1 aromatic rings. The fourth-order valence-corrected chi connectivity index (χ4v) is 4.79. The zero-order valence-electron chi connectivity index (χ0n) is 15.1. The number of carbonyl (C=O) groups is 1. The van der Waals surface area contributed by atoms with Crippen molar-refractivity contribution in [3.63, 3.8) is 0 Å². The highest BCUT2D eigenvalue weighted by atomic mass is 16.7. The first-order valence-electron chi connectivity index (χ1n) is 9.77. The van der Waals surface area contributed by atoms with Crippen molar-refractivity contribution in [2.24, 2.45) is 11.8 Å². The van der Waals surface area contributed by atoms with Crippen LogP contribution >= 0.6 is 0 Å². The van der Waals surface area contributed by atoms with E-state index in [1.54, 1.807) is 0 Å². The van der Waals surface area contributed by atoms with Gasteiger partial charge < -0.3 is 19.3 Å². The molecular weight excluding hydrogens is 332 g/mol. The Balaban J connectivity index is 1.41. The van der Waals surface area contributed by atoms with Crippen LogP contribution in [-0.4, -0.2) is 42.1 Å². The molecule has 5 atom stereocenters. The van der Waals surface area contributed by atoms with Crippen LogP contribution in [0.25, 0.3) is 0 Å². The minimum absolute atomic E-state index is 0.0284. The first-order valence-corrected chi connectivity index (χ1v) is 9.77. The van der Waals surface area contributed by atoms with E-state index < -0.39 is 5.60 Å². The predicted molar refractivity (Wildman–Crippen MR) is 95.3 cm³/mol. The van der Waals surface area contributed by atoms with E-state index in [0.29, 0.717) is 26.1 Å². The van der Waals surface area contributed by atoms with Gasteiger partial charge in [0.25, 0.3) is 0 Å². The first-order chi connectivity index (χ1) is 12.6. The van der Waals surface area contributed by atoms with Crippen molar-refractivity contribution in [3.8, 4) is 0 Å². The molecule has 0 bridgehead atoms. The van der Waals surface area contributed by atoms with Crippen LogP contribution in [0.1, 0.15) is 44.1 Å². The van der Waals surface area contributed by atoms with Gasteiger partial charge in [-0.15, -0.1) is 0 Å². The summed E-state index contributed by atoms with van der Waals surface area (Å²) in [4.78, 5) is 11.9. The summed E-state index contributed by atoms with van der Waals surface area (Å²) in [6, 6.07) is 10.0. The number of hydrogen-bond acceptors (Lipinski definition) is 5. The van der Waals surface area contributed by atoms with Crippen LogP contribution in [0.15, 0.2) is 30.3 Å². The summed E-state index contributed by atoms with van der Waals surface area (Å²) < 4.78 is 17.9. The number of aliphatic hydroxyl groups is 1. The summed E-state index contributed by atoms with van der Waals surface area (Å²) in [5.41, 5.74) is 0.188. The fourth-order valence-electron chi connectivity index (χ4n) is 4.79. The maximum absolute atomic E-state index is 11.9. The second-order valence-electron chi connectivity index (χ2n) is 7.97. The van der Waals surface area contributed by atoms with E-state index in [1.165, 1.54) is 0 Å². The predicted octanol–water partition coefficient (Wildman–Crippen LogP) is 2.85. The third-order valence-electron chi connectivity index (χ3n) is 6.08. The van der Waals surface area contributed by atoms with Gasteiger partial charge in [-0.3, -0.25) is 4.79 Å². The molecule has 2 unspecified atom stereocenters. The monoisotopic (exact) mass is 360 g/mol. The Labute approximate surface area is 154 Å². The number of ketones is 1. The molecule has 3 fully saturated rings. The lowest BCUT2D eigenvalue weighted by atomic mass is 9.89. The Hall–Kier alpha value is -1.27. The third kappa shape index (κ3) is 3.86. The molecule has 3 aliphatic rings. The molecule has 1 N–H and O–H groups in total. The van der Waals surface area contributed by atoms with E-state index in [0.717, 1.165) is 31.4 Å². The largest absolute Gasteiger partial charge is 0.389 e. The highest BCUT2D eigenvalue weighted by molar-refractivity contribution is 5.83. The van der Waals surface area contributed by atoms with Gasteiger partial charge in [-0.1, -0.05) is 30.3 Å². The van der Waals surface area contributed by atoms with Crippen molar-refractivity contribution in [1.82, 2.24) is 0 Å². The number of Topliss-reactive ketones (excluding diaryl/α,β-unsaturated/α-hetero) is 1. The summed E-state index contributed by atoms with van der Waals surface area (Å²) >= 11 is 0. The van der Waals surface area contributed by atoms with Gasteiger partial charge in [-0.2, -0.15) is 0 Å². The average Bonchev–Trinajstić information content (AvgIpc) is 3.06. The second kappa shape index (κ2) is 7.77. The molecule has 5 heteroatoms. The molecule has 1 saturated heterocycles. The molecule has 0 radical (unpaired) electrons. The maximum Gasteiger partial charge on any atom is 0.157 e. The van der Waals surface area contributed by atoms with Crippen LogP contribution in [-0.2, 0) is 25.6 Å². The Kier molecular flexibility index (Phi) is 5.41. The Bertz CT molecular complexity index is 612. The topological polar surface area (TPSA) is 65.0 Å². The van der Waals surface area contributed by atoms with Gasteiger partial charge in [0.1, 0.15) is 5.78 Å². The van der Waals surface area contributed by atoms with Crippen molar-refractivity contribution in [2.45, 2.75) is 63.1 Å². The molecule has 4 rings (SSSR count). The summed E-state index contributed by atoms with van der Waals surface area (Å²) in [5, 5.41) is 11.0. The van der Waals surface area contributed by atoms with Crippen LogP contribution in [0.5, 0.6) is 0 Å². The molecule has 1 aromatic carbocycles. The van der Waals surface area contributed by atoms with Gasteiger partial charge in [0, 0.05) is 37.7 Å². The highest BCUT2D eigenvalue weighted by Crippen LogP contribution is 2.51. The normalized spacial score (nSPS) is 37.0. The lowest BCUT2D eigenvalue weighted by Crippen LogP contribution is -2.33. The molecule has 1 heterocycles. The molecule has 142 valence electrons. The Morgan fingerprint density at radius 3 is 2.85 bits per heavy atom. The fraction of sp³-hybridized carbons (Fsp3) is 0.667. The molecule has 2 aliphatic carbocycles. The number of hydrogen-bond donors (Lipinski definition) is 1. The molecule has 1 aliphatic heterocycles. The zero-order chi connectivity index (χ0) is 18.0. The third-order valence-corrected chi connectivity index (χ3v) is 6.08. The van der Waals surface area contributed by atoms with Crippen molar-refractivity contribution < 1.29 is 24.1 Å². The van der Waals surface area contributed by atoms with Crippen LogP contribution in [0.2, 0.25) is 0 Å². The van der Waals surface area contributed by atoms with Gasteiger partial charge in [0.2, 0.25) is 0 Å². The highest BCUT2D eigenvalue weighted by Gasteiger charge is 2.58. The van der Waals surface area contributed by atoms with Gasteiger partial charge in [0.15, 0.2) is 6.29 Å². The van der Waals surface area contributed by atoms with Gasteiger partial charge >= 0.3 is 0 Å². The van der Waals surface area contributed by atoms with Crippen molar-refractivity contribution in [1.29, 1.82) is 0 Å². The summed E-state index contributed by atoms with van der Waals surface area (Å²) in [7, 11) is 0. The van der Waals surface area contributed by atoms with Crippen LogP contribution < -0.4 is 0 Å². The average molecular weight is 360 g/mol. The first kappa shape index (κ1) is 18.1. The molecule has 26 heavy (non-hydrogen) atoms. The van der Waals surface area contributed by atoms with E-state index in [-0.39, 0.29) is 36.4 Å². The number of fused-ring (bicyclic) bond motifs is 1. The zero-order valence-corrected chi connectivity index (χ0v) is 15.1.